The fraction of sp³-hybridized carbons (Fsp3) is 0.714. The van der Waals surface area contributed by atoms with Gasteiger partial charge in [-0.1, -0.05) is 20.3 Å². The van der Waals surface area contributed by atoms with E-state index in [0.717, 1.165) is 50.0 Å². The molecule has 1 saturated heterocycles. The molecule has 1 aliphatic rings. The van der Waals surface area contributed by atoms with Crippen molar-refractivity contribution >= 4 is 11.6 Å². The normalized spacial score (nSPS) is 22.7. The number of aryl methyl sites for hydroxylation is 2. The lowest BCUT2D eigenvalue weighted by molar-refractivity contribution is -0.122. The van der Waals surface area contributed by atoms with Gasteiger partial charge in [0.15, 0.2) is 0 Å². The van der Waals surface area contributed by atoms with Crippen LogP contribution >= 0.6 is 0 Å². The summed E-state index contributed by atoms with van der Waals surface area (Å²) in [6.45, 7) is 5.10. The van der Waals surface area contributed by atoms with Crippen LogP contribution in [0.15, 0.2) is 6.20 Å². The van der Waals surface area contributed by atoms with E-state index in [2.05, 4.69) is 22.7 Å². The first-order chi connectivity index (χ1) is 9.11. The predicted octanol–water partition coefficient (Wildman–Crippen LogP) is 1.84. The first kappa shape index (κ1) is 14.1. The average molecular weight is 264 g/mol. The Kier molecular flexibility index (Phi) is 4.24. The number of anilines is 1. The smallest absolute Gasteiger partial charge is 0.244 e. The Morgan fingerprint density at radius 2 is 2.37 bits per heavy atom. The molecule has 0 saturated carbocycles. The van der Waals surface area contributed by atoms with E-state index in [1.54, 1.807) is 4.68 Å². The van der Waals surface area contributed by atoms with Crippen LogP contribution in [-0.4, -0.2) is 27.8 Å². The largest absolute Gasteiger partial charge is 0.322 e. The van der Waals surface area contributed by atoms with Crippen LogP contribution in [0.25, 0.3) is 0 Å². The number of rotatable bonds is 5. The number of aromatic nitrogens is 2. The number of carbonyl (C=O) groups excluding carboxylic acids is 1. The molecule has 1 aromatic heterocycles. The predicted molar refractivity (Wildman–Crippen MR) is 76.1 cm³/mol. The number of hydrogen-bond acceptors (Lipinski definition) is 3. The van der Waals surface area contributed by atoms with E-state index in [9.17, 15) is 4.79 Å². The molecule has 1 amide bonds. The highest BCUT2D eigenvalue weighted by molar-refractivity contribution is 5.98. The quantitative estimate of drug-likeness (QED) is 0.853. The summed E-state index contributed by atoms with van der Waals surface area (Å²) in [5.74, 6) is 0.0922. The number of nitrogens with zero attached hydrogens (tertiary/aromatic N) is 2. The summed E-state index contributed by atoms with van der Waals surface area (Å²) in [7, 11) is 1.88. The Morgan fingerprint density at radius 3 is 2.95 bits per heavy atom. The highest BCUT2D eigenvalue weighted by Crippen LogP contribution is 2.27. The third-order valence-corrected chi connectivity index (χ3v) is 3.84. The van der Waals surface area contributed by atoms with E-state index in [4.69, 9.17) is 0 Å². The van der Waals surface area contributed by atoms with Crippen molar-refractivity contribution in [3.8, 4) is 0 Å². The lowest BCUT2D eigenvalue weighted by atomic mass is 9.91. The standard InChI is InChI=1S/C14H24N4O/c1-4-7-14(8-6-9-15-14)13(19)16-12-10-18(3)17-11(12)5-2/h10,15H,4-9H2,1-3H3,(H,16,19). The van der Waals surface area contributed by atoms with E-state index in [0.29, 0.717) is 0 Å². The van der Waals surface area contributed by atoms with Gasteiger partial charge in [-0.25, -0.2) is 0 Å². The number of carbonyl (C=O) groups is 1. The van der Waals surface area contributed by atoms with Crippen molar-refractivity contribution in [2.75, 3.05) is 11.9 Å². The van der Waals surface area contributed by atoms with Crippen molar-refractivity contribution in [2.24, 2.45) is 7.05 Å². The van der Waals surface area contributed by atoms with Crippen molar-refractivity contribution < 1.29 is 4.79 Å². The first-order valence-electron chi connectivity index (χ1n) is 7.20. The van der Waals surface area contributed by atoms with Crippen molar-refractivity contribution in [2.45, 2.75) is 51.5 Å². The second kappa shape index (κ2) is 5.74. The highest BCUT2D eigenvalue weighted by atomic mass is 16.2. The first-order valence-corrected chi connectivity index (χ1v) is 7.20. The van der Waals surface area contributed by atoms with Gasteiger partial charge in [0.2, 0.25) is 5.91 Å². The third kappa shape index (κ3) is 2.81. The Morgan fingerprint density at radius 1 is 1.58 bits per heavy atom. The topological polar surface area (TPSA) is 59.0 Å². The molecule has 2 heterocycles. The van der Waals surface area contributed by atoms with Crippen molar-refractivity contribution in [1.29, 1.82) is 0 Å². The minimum atomic E-state index is -0.379. The molecule has 2 N–H and O–H groups in total. The summed E-state index contributed by atoms with van der Waals surface area (Å²) in [6, 6.07) is 0. The van der Waals surface area contributed by atoms with Gasteiger partial charge in [-0.05, 0) is 32.2 Å². The van der Waals surface area contributed by atoms with Gasteiger partial charge in [-0.15, -0.1) is 0 Å². The number of nitrogens with one attached hydrogen (secondary N) is 2. The summed E-state index contributed by atoms with van der Waals surface area (Å²) < 4.78 is 1.75. The van der Waals surface area contributed by atoms with Gasteiger partial charge in [0, 0.05) is 13.2 Å². The fourth-order valence-electron chi connectivity index (χ4n) is 2.90. The molecule has 0 radical (unpaired) electrons. The SMILES string of the molecule is CCCC1(C(=O)Nc2cn(C)nc2CC)CCCN1. The molecule has 1 unspecified atom stereocenters. The molecule has 1 aliphatic heterocycles. The molecule has 5 heteroatoms. The monoisotopic (exact) mass is 264 g/mol. The molecule has 2 rings (SSSR count). The third-order valence-electron chi connectivity index (χ3n) is 3.84. The maximum atomic E-state index is 12.6. The zero-order chi connectivity index (χ0) is 13.9. The van der Waals surface area contributed by atoms with Crippen LogP contribution in [-0.2, 0) is 18.3 Å². The molecule has 1 aromatic rings. The van der Waals surface area contributed by atoms with E-state index in [1.165, 1.54) is 0 Å². The van der Waals surface area contributed by atoms with Gasteiger partial charge < -0.3 is 10.6 Å². The van der Waals surface area contributed by atoms with Crippen molar-refractivity contribution in [3.05, 3.63) is 11.9 Å². The minimum Gasteiger partial charge on any atom is -0.322 e. The molecule has 19 heavy (non-hydrogen) atoms. The minimum absolute atomic E-state index is 0.0922. The summed E-state index contributed by atoms with van der Waals surface area (Å²) in [4.78, 5) is 12.6. The Bertz CT molecular complexity index is 446. The molecular formula is C14H24N4O. The maximum Gasteiger partial charge on any atom is 0.244 e. The van der Waals surface area contributed by atoms with Crippen molar-refractivity contribution in [3.63, 3.8) is 0 Å². The van der Waals surface area contributed by atoms with E-state index < -0.39 is 0 Å². The van der Waals surface area contributed by atoms with Crippen LogP contribution in [0.3, 0.4) is 0 Å². The van der Waals surface area contributed by atoms with Gasteiger partial charge in [0.25, 0.3) is 0 Å². The molecule has 1 fully saturated rings. The second-order valence-corrected chi connectivity index (χ2v) is 5.33. The number of hydrogen-bond donors (Lipinski definition) is 2. The Hall–Kier alpha value is -1.36. The van der Waals surface area contributed by atoms with E-state index in [1.807, 2.05) is 20.2 Å². The van der Waals surface area contributed by atoms with E-state index >= 15 is 0 Å². The lowest BCUT2D eigenvalue weighted by Gasteiger charge is -2.27. The molecular weight excluding hydrogens is 240 g/mol. The van der Waals surface area contributed by atoms with Gasteiger partial charge >= 0.3 is 0 Å². The van der Waals surface area contributed by atoms with Gasteiger partial charge in [0.05, 0.1) is 16.9 Å². The Labute approximate surface area is 114 Å². The summed E-state index contributed by atoms with van der Waals surface area (Å²) in [5.41, 5.74) is 1.41. The molecule has 0 bridgehead atoms. The molecule has 0 aliphatic carbocycles. The summed E-state index contributed by atoms with van der Waals surface area (Å²) in [5, 5.41) is 10.8. The molecule has 1 atom stereocenters. The zero-order valence-corrected chi connectivity index (χ0v) is 12.1. The fourth-order valence-corrected chi connectivity index (χ4v) is 2.90. The van der Waals surface area contributed by atoms with Crippen LogP contribution in [0.1, 0.15) is 45.2 Å². The zero-order valence-electron chi connectivity index (χ0n) is 12.1. The summed E-state index contributed by atoms with van der Waals surface area (Å²) in [6.07, 6.45) is 6.60. The van der Waals surface area contributed by atoms with E-state index in [-0.39, 0.29) is 11.4 Å². The molecule has 5 nitrogen and oxygen atoms in total. The van der Waals surface area contributed by atoms with Gasteiger partial charge in [-0.3, -0.25) is 9.48 Å². The number of amides is 1. The van der Waals surface area contributed by atoms with Crippen LogP contribution in [0.5, 0.6) is 0 Å². The maximum absolute atomic E-state index is 12.6. The molecule has 0 spiro atoms. The molecule has 106 valence electrons. The van der Waals surface area contributed by atoms with Crippen LogP contribution in [0, 0.1) is 0 Å². The van der Waals surface area contributed by atoms with Crippen LogP contribution in [0.2, 0.25) is 0 Å². The lowest BCUT2D eigenvalue weighted by Crippen LogP contribution is -2.50. The highest BCUT2D eigenvalue weighted by Gasteiger charge is 2.40. The molecule has 0 aromatic carbocycles. The average Bonchev–Trinajstić information content (AvgIpc) is 2.97. The van der Waals surface area contributed by atoms with Gasteiger partial charge in [0.1, 0.15) is 0 Å². The van der Waals surface area contributed by atoms with Crippen molar-refractivity contribution in [1.82, 2.24) is 15.1 Å². The van der Waals surface area contributed by atoms with Crippen LogP contribution in [0.4, 0.5) is 5.69 Å². The van der Waals surface area contributed by atoms with Gasteiger partial charge in [-0.2, -0.15) is 5.10 Å². The summed E-state index contributed by atoms with van der Waals surface area (Å²) >= 11 is 0. The van der Waals surface area contributed by atoms with Crippen LogP contribution < -0.4 is 10.6 Å². The second-order valence-electron chi connectivity index (χ2n) is 5.33. The Balaban J connectivity index is 2.14.